The molecule has 0 fully saturated rings. The molecule has 1 aromatic carbocycles. The molecule has 0 aliphatic carbocycles. The lowest BCUT2D eigenvalue weighted by Gasteiger charge is -2.00. The molecule has 1 heterocycles. The molecule has 2 aromatic rings. The monoisotopic (exact) mass is 279 g/mol. The maximum absolute atomic E-state index is 13.1. The maximum atomic E-state index is 13.1. The van der Waals surface area contributed by atoms with Crippen LogP contribution in [0.1, 0.15) is 0 Å². The van der Waals surface area contributed by atoms with Crippen LogP contribution in [0.5, 0.6) is 0 Å². The van der Waals surface area contributed by atoms with Gasteiger partial charge in [-0.2, -0.15) is 0 Å². The SMILES string of the molecule is O=S(=O)(Cl)c1cn(CCF)c2ccc(F)cc12. The summed E-state index contributed by atoms with van der Waals surface area (Å²) in [5, 5.41) is 0.161. The average Bonchev–Trinajstić information content (AvgIpc) is 2.56. The third-order valence-electron chi connectivity index (χ3n) is 2.39. The number of halogens is 3. The lowest BCUT2D eigenvalue weighted by molar-refractivity contribution is 0.450. The number of fused-ring (bicyclic) bond motifs is 1. The van der Waals surface area contributed by atoms with E-state index in [9.17, 15) is 17.2 Å². The van der Waals surface area contributed by atoms with Gasteiger partial charge in [-0.05, 0) is 18.2 Å². The maximum Gasteiger partial charge on any atom is 0.263 e. The third kappa shape index (κ3) is 2.28. The van der Waals surface area contributed by atoms with Crippen LogP contribution in [0.2, 0.25) is 0 Å². The predicted molar refractivity (Wildman–Crippen MR) is 60.9 cm³/mol. The minimum Gasteiger partial charge on any atom is -0.343 e. The number of benzene rings is 1. The van der Waals surface area contributed by atoms with Crippen molar-refractivity contribution >= 4 is 30.6 Å². The largest absolute Gasteiger partial charge is 0.343 e. The predicted octanol–water partition coefficient (Wildman–Crippen LogP) is 2.68. The van der Waals surface area contributed by atoms with Crippen molar-refractivity contribution in [3.05, 3.63) is 30.2 Å². The Morgan fingerprint density at radius 2 is 2.06 bits per heavy atom. The smallest absolute Gasteiger partial charge is 0.263 e. The van der Waals surface area contributed by atoms with Crippen molar-refractivity contribution in [2.24, 2.45) is 0 Å². The Morgan fingerprint density at radius 3 is 2.65 bits per heavy atom. The van der Waals surface area contributed by atoms with E-state index in [1.807, 2.05) is 0 Å². The van der Waals surface area contributed by atoms with Crippen LogP contribution in [0, 0.1) is 5.82 Å². The highest BCUT2D eigenvalue weighted by atomic mass is 35.7. The normalized spacial score (nSPS) is 12.2. The number of alkyl halides is 1. The van der Waals surface area contributed by atoms with Crippen LogP contribution in [-0.2, 0) is 15.6 Å². The first kappa shape index (κ1) is 12.3. The second-order valence-corrected chi connectivity index (χ2v) is 6.01. The van der Waals surface area contributed by atoms with E-state index < -0.39 is 21.5 Å². The Kier molecular flexibility index (Phi) is 3.09. The van der Waals surface area contributed by atoms with Crippen LogP contribution in [0.3, 0.4) is 0 Å². The van der Waals surface area contributed by atoms with Crippen molar-refractivity contribution < 1.29 is 17.2 Å². The summed E-state index contributed by atoms with van der Waals surface area (Å²) in [6.07, 6.45) is 1.21. The van der Waals surface area contributed by atoms with E-state index in [4.69, 9.17) is 10.7 Å². The van der Waals surface area contributed by atoms with Gasteiger partial charge in [0.15, 0.2) is 0 Å². The highest BCUT2D eigenvalue weighted by molar-refractivity contribution is 8.14. The van der Waals surface area contributed by atoms with Crippen LogP contribution in [-0.4, -0.2) is 19.7 Å². The van der Waals surface area contributed by atoms with E-state index in [1.165, 1.54) is 22.9 Å². The summed E-state index contributed by atoms with van der Waals surface area (Å²) in [7, 11) is 1.26. The standard InChI is InChI=1S/C10H8ClF2NO2S/c11-17(15,16)10-6-14(4-3-12)9-2-1-7(13)5-8(9)10/h1-2,5-6H,3-4H2. The molecule has 0 amide bonds. The first-order chi connectivity index (χ1) is 7.93. The number of nitrogens with zero attached hydrogens (tertiary/aromatic N) is 1. The van der Waals surface area contributed by atoms with Crippen molar-refractivity contribution in [2.75, 3.05) is 6.67 Å². The molecular formula is C10H8ClF2NO2S. The molecule has 0 spiro atoms. The van der Waals surface area contributed by atoms with E-state index in [0.29, 0.717) is 5.52 Å². The summed E-state index contributed by atoms with van der Waals surface area (Å²) in [6, 6.07) is 3.65. The van der Waals surface area contributed by atoms with Crippen molar-refractivity contribution in [1.29, 1.82) is 0 Å². The summed E-state index contributed by atoms with van der Waals surface area (Å²) in [4.78, 5) is -0.206. The zero-order valence-electron chi connectivity index (χ0n) is 8.53. The number of hydrogen-bond donors (Lipinski definition) is 0. The van der Waals surface area contributed by atoms with E-state index in [2.05, 4.69) is 0 Å². The van der Waals surface area contributed by atoms with Crippen LogP contribution < -0.4 is 0 Å². The van der Waals surface area contributed by atoms with Gasteiger partial charge in [0.2, 0.25) is 0 Å². The van der Waals surface area contributed by atoms with Gasteiger partial charge in [-0.3, -0.25) is 0 Å². The number of hydrogen-bond acceptors (Lipinski definition) is 2. The first-order valence-corrected chi connectivity index (χ1v) is 7.03. The second-order valence-electron chi connectivity index (χ2n) is 3.48. The summed E-state index contributed by atoms with van der Waals surface area (Å²) >= 11 is 0. The third-order valence-corrected chi connectivity index (χ3v) is 3.74. The van der Waals surface area contributed by atoms with Crippen LogP contribution in [0.25, 0.3) is 10.9 Å². The van der Waals surface area contributed by atoms with E-state index in [-0.39, 0.29) is 16.8 Å². The molecular weight excluding hydrogens is 272 g/mol. The van der Waals surface area contributed by atoms with Crippen LogP contribution in [0.4, 0.5) is 8.78 Å². The lowest BCUT2D eigenvalue weighted by Crippen LogP contribution is -1.97. The molecule has 0 bridgehead atoms. The molecule has 0 aliphatic rings. The number of aryl methyl sites for hydroxylation is 1. The second kappa shape index (κ2) is 4.27. The summed E-state index contributed by atoms with van der Waals surface area (Å²) in [5.41, 5.74) is 0.434. The van der Waals surface area contributed by atoms with Gasteiger partial charge in [-0.1, -0.05) is 0 Å². The topological polar surface area (TPSA) is 39.1 Å². The first-order valence-electron chi connectivity index (χ1n) is 4.72. The van der Waals surface area contributed by atoms with Gasteiger partial charge in [-0.15, -0.1) is 0 Å². The molecule has 3 nitrogen and oxygen atoms in total. The Morgan fingerprint density at radius 1 is 1.35 bits per heavy atom. The highest BCUT2D eigenvalue weighted by Gasteiger charge is 2.19. The van der Waals surface area contributed by atoms with Gasteiger partial charge < -0.3 is 4.57 Å². The van der Waals surface area contributed by atoms with Crippen molar-refractivity contribution in [1.82, 2.24) is 4.57 Å². The molecule has 0 unspecified atom stereocenters. The summed E-state index contributed by atoms with van der Waals surface area (Å²) < 4.78 is 49.4. The highest BCUT2D eigenvalue weighted by Crippen LogP contribution is 2.28. The average molecular weight is 280 g/mol. The van der Waals surface area contributed by atoms with E-state index in [0.717, 1.165) is 6.07 Å². The Balaban J connectivity index is 2.80. The van der Waals surface area contributed by atoms with Crippen molar-refractivity contribution in [3.8, 4) is 0 Å². The Hall–Kier alpha value is -1.14. The fourth-order valence-electron chi connectivity index (χ4n) is 1.71. The molecule has 0 saturated heterocycles. The molecule has 7 heteroatoms. The minimum atomic E-state index is -3.98. The zero-order valence-corrected chi connectivity index (χ0v) is 10.1. The van der Waals surface area contributed by atoms with Crippen LogP contribution in [0.15, 0.2) is 29.3 Å². The molecule has 0 N–H and O–H groups in total. The van der Waals surface area contributed by atoms with Gasteiger partial charge in [0.1, 0.15) is 17.4 Å². The molecule has 92 valence electrons. The fraction of sp³-hybridized carbons (Fsp3) is 0.200. The minimum absolute atomic E-state index is 0.00542. The van der Waals surface area contributed by atoms with Gasteiger partial charge in [0, 0.05) is 27.8 Å². The molecule has 0 radical (unpaired) electrons. The number of aromatic nitrogens is 1. The quantitative estimate of drug-likeness (QED) is 0.810. The van der Waals surface area contributed by atoms with Crippen LogP contribution >= 0.6 is 10.7 Å². The van der Waals surface area contributed by atoms with Gasteiger partial charge in [0.25, 0.3) is 9.05 Å². The molecule has 0 aliphatic heterocycles. The van der Waals surface area contributed by atoms with Crippen molar-refractivity contribution in [3.63, 3.8) is 0 Å². The summed E-state index contributed by atoms with van der Waals surface area (Å²) in [6.45, 7) is -0.655. The Labute approximate surface area is 101 Å². The van der Waals surface area contributed by atoms with Gasteiger partial charge >= 0.3 is 0 Å². The fourth-order valence-corrected chi connectivity index (χ4v) is 2.76. The number of rotatable bonds is 3. The Bertz CT molecular complexity index is 666. The zero-order chi connectivity index (χ0) is 12.6. The van der Waals surface area contributed by atoms with Gasteiger partial charge in [-0.25, -0.2) is 17.2 Å². The molecule has 0 atom stereocenters. The molecule has 17 heavy (non-hydrogen) atoms. The van der Waals surface area contributed by atoms with E-state index in [1.54, 1.807) is 0 Å². The molecule has 2 rings (SSSR count). The van der Waals surface area contributed by atoms with Crippen molar-refractivity contribution in [2.45, 2.75) is 11.4 Å². The van der Waals surface area contributed by atoms with E-state index >= 15 is 0 Å². The lowest BCUT2D eigenvalue weighted by atomic mass is 10.2. The van der Waals surface area contributed by atoms with Gasteiger partial charge in [0.05, 0.1) is 6.54 Å². The molecule has 1 aromatic heterocycles. The summed E-state index contributed by atoms with van der Waals surface area (Å²) in [5.74, 6) is -0.572. The molecule has 0 saturated carbocycles.